The summed E-state index contributed by atoms with van der Waals surface area (Å²) < 4.78 is 23.5. The van der Waals surface area contributed by atoms with Gasteiger partial charge in [-0.15, -0.1) is 0 Å². The molecular formula is C6H10ClFOS. The molecule has 0 aromatic carbocycles. The van der Waals surface area contributed by atoms with E-state index < -0.39 is 21.4 Å². The fourth-order valence-corrected chi connectivity index (χ4v) is 2.58. The summed E-state index contributed by atoms with van der Waals surface area (Å²) in [6, 6.07) is 0. The van der Waals surface area contributed by atoms with Crippen LogP contribution in [-0.2, 0) is 10.0 Å². The average molecular weight is 185 g/mol. The van der Waals surface area contributed by atoms with Gasteiger partial charge in [-0.1, -0.05) is 12.8 Å². The van der Waals surface area contributed by atoms with Crippen LogP contribution in [0.5, 0.6) is 0 Å². The molecule has 0 heterocycles. The third-order valence-corrected chi connectivity index (χ3v) is 3.55. The number of hydrogen-bond acceptors (Lipinski definition) is 1. The van der Waals surface area contributed by atoms with E-state index in [-0.39, 0.29) is 0 Å². The monoisotopic (exact) mass is 184 g/mol. The lowest BCUT2D eigenvalue weighted by atomic mass is 9.98. The van der Waals surface area contributed by atoms with Crippen molar-refractivity contribution in [3.8, 4) is 0 Å². The van der Waals surface area contributed by atoms with E-state index in [0.29, 0.717) is 12.8 Å². The normalized spacial score (nSPS) is 37.4. The summed E-state index contributed by atoms with van der Waals surface area (Å²) in [5.41, 5.74) is 0. The Morgan fingerprint density at radius 3 is 2.40 bits per heavy atom. The Hall–Kier alpha value is 0.370. The van der Waals surface area contributed by atoms with Gasteiger partial charge in [0.15, 0.2) is 0 Å². The largest absolute Gasteiger partial charge is 0.246 e. The Labute approximate surface area is 66.9 Å². The molecule has 0 N–H and O–H groups in total. The summed E-state index contributed by atoms with van der Waals surface area (Å²) in [5.74, 6) is 0. The zero-order chi connectivity index (χ0) is 7.56. The highest BCUT2D eigenvalue weighted by molar-refractivity contribution is 8.08. The van der Waals surface area contributed by atoms with E-state index in [9.17, 15) is 8.60 Å². The molecule has 0 aliphatic heterocycles. The van der Waals surface area contributed by atoms with E-state index >= 15 is 0 Å². The summed E-state index contributed by atoms with van der Waals surface area (Å²) >= 11 is 0. The van der Waals surface area contributed by atoms with Gasteiger partial charge in [-0.2, -0.15) is 0 Å². The first-order valence-electron chi connectivity index (χ1n) is 3.42. The van der Waals surface area contributed by atoms with Gasteiger partial charge in [-0.25, -0.2) is 8.60 Å². The molecule has 1 saturated carbocycles. The molecule has 1 aliphatic carbocycles. The predicted molar refractivity (Wildman–Crippen MR) is 41.1 cm³/mol. The second kappa shape index (κ2) is 3.67. The molecule has 0 amide bonds. The second-order valence-electron chi connectivity index (χ2n) is 2.59. The predicted octanol–water partition coefficient (Wildman–Crippen LogP) is 2.17. The number of alkyl halides is 1. The SMILES string of the molecule is O=S(Cl)[C@H]1CCCC[C@H]1F. The maximum absolute atomic E-state index is 12.8. The van der Waals surface area contributed by atoms with Crippen LogP contribution in [0.1, 0.15) is 25.7 Å². The molecule has 1 aliphatic rings. The van der Waals surface area contributed by atoms with Gasteiger partial charge in [-0.3, -0.25) is 0 Å². The van der Waals surface area contributed by atoms with Gasteiger partial charge < -0.3 is 0 Å². The van der Waals surface area contributed by atoms with E-state index in [4.69, 9.17) is 10.7 Å². The molecule has 0 radical (unpaired) electrons. The molecular weight excluding hydrogens is 175 g/mol. The number of hydrogen-bond donors (Lipinski definition) is 0. The summed E-state index contributed by atoms with van der Waals surface area (Å²) in [7, 11) is 3.80. The van der Waals surface area contributed by atoms with Gasteiger partial charge >= 0.3 is 0 Å². The smallest absolute Gasteiger partial charge is 0.121 e. The maximum Gasteiger partial charge on any atom is 0.121 e. The molecule has 1 nitrogen and oxygen atoms in total. The van der Waals surface area contributed by atoms with Crippen molar-refractivity contribution in [1.82, 2.24) is 0 Å². The highest BCUT2D eigenvalue weighted by Crippen LogP contribution is 2.26. The number of halogens is 2. The molecule has 0 aromatic heterocycles. The van der Waals surface area contributed by atoms with Crippen LogP contribution >= 0.6 is 10.7 Å². The standard InChI is InChI=1S/C6H10ClFOS/c7-10(9)6-4-2-1-3-5(6)8/h5-6H,1-4H2/t5-,6+,10?/m1/s1. The number of rotatable bonds is 1. The summed E-state index contributed by atoms with van der Waals surface area (Å²) in [6.07, 6.45) is 2.14. The lowest BCUT2D eigenvalue weighted by Gasteiger charge is -2.21. The van der Waals surface area contributed by atoms with Gasteiger partial charge in [-0.05, 0) is 23.5 Å². The van der Waals surface area contributed by atoms with Crippen molar-refractivity contribution in [1.29, 1.82) is 0 Å². The van der Waals surface area contributed by atoms with Crippen LogP contribution in [0.4, 0.5) is 4.39 Å². The lowest BCUT2D eigenvalue weighted by Crippen LogP contribution is -2.28. The van der Waals surface area contributed by atoms with E-state index in [1.54, 1.807) is 0 Å². The Morgan fingerprint density at radius 2 is 2.00 bits per heavy atom. The molecule has 3 atom stereocenters. The van der Waals surface area contributed by atoms with E-state index in [2.05, 4.69) is 0 Å². The van der Waals surface area contributed by atoms with Crippen molar-refractivity contribution >= 4 is 20.7 Å². The molecule has 0 saturated heterocycles. The molecule has 1 rings (SSSR count). The Kier molecular flexibility index (Phi) is 3.11. The Bertz CT molecular complexity index is 142. The van der Waals surface area contributed by atoms with E-state index in [0.717, 1.165) is 12.8 Å². The van der Waals surface area contributed by atoms with Gasteiger partial charge in [0.05, 0.1) is 5.25 Å². The summed E-state index contributed by atoms with van der Waals surface area (Å²) in [6.45, 7) is 0. The minimum absolute atomic E-state index is 0.407. The first-order chi connectivity index (χ1) is 4.72. The fourth-order valence-electron chi connectivity index (χ4n) is 1.26. The third kappa shape index (κ3) is 1.92. The molecule has 1 fully saturated rings. The van der Waals surface area contributed by atoms with Crippen molar-refractivity contribution < 1.29 is 8.60 Å². The first-order valence-corrected chi connectivity index (χ1v) is 5.46. The summed E-state index contributed by atoms with van der Waals surface area (Å²) in [5, 5.41) is -0.407. The zero-order valence-corrected chi connectivity index (χ0v) is 7.13. The summed E-state index contributed by atoms with van der Waals surface area (Å²) in [4.78, 5) is 0. The Morgan fingerprint density at radius 1 is 1.40 bits per heavy atom. The van der Waals surface area contributed by atoms with Crippen molar-refractivity contribution in [2.45, 2.75) is 37.1 Å². The maximum atomic E-state index is 12.8. The van der Waals surface area contributed by atoms with E-state index in [1.807, 2.05) is 0 Å². The van der Waals surface area contributed by atoms with Crippen molar-refractivity contribution in [3.05, 3.63) is 0 Å². The molecule has 0 bridgehead atoms. The van der Waals surface area contributed by atoms with Crippen LogP contribution in [0.25, 0.3) is 0 Å². The topological polar surface area (TPSA) is 17.1 Å². The second-order valence-corrected chi connectivity index (χ2v) is 4.60. The zero-order valence-electron chi connectivity index (χ0n) is 5.56. The van der Waals surface area contributed by atoms with Gasteiger partial charge in [0.1, 0.15) is 16.2 Å². The minimum atomic E-state index is -1.48. The van der Waals surface area contributed by atoms with Crippen LogP contribution in [-0.4, -0.2) is 15.6 Å². The van der Waals surface area contributed by atoms with Gasteiger partial charge in [0.25, 0.3) is 0 Å². The van der Waals surface area contributed by atoms with Crippen LogP contribution in [0.15, 0.2) is 0 Å². The van der Waals surface area contributed by atoms with Gasteiger partial charge in [0.2, 0.25) is 0 Å². The highest BCUT2D eigenvalue weighted by atomic mass is 35.7. The van der Waals surface area contributed by atoms with Crippen molar-refractivity contribution in [2.75, 3.05) is 0 Å². The van der Waals surface area contributed by atoms with Gasteiger partial charge in [0, 0.05) is 0 Å². The van der Waals surface area contributed by atoms with Crippen molar-refractivity contribution in [2.24, 2.45) is 0 Å². The first kappa shape index (κ1) is 8.47. The molecule has 60 valence electrons. The molecule has 1 unspecified atom stereocenters. The van der Waals surface area contributed by atoms with Crippen LogP contribution in [0, 0.1) is 0 Å². The van der Waals surface area contributed by atoms with Crippen LogP contribution < -0.4 is 0 Å². The molecule has 4 heteroatoms. The highest BCUT2D eigenvalue weighted by Gasteiger charge is 2.28. The van der Waals surface area contributed by atoms with Crippen molar-refractivity contribution in [3.63, 3.8) is 0 Å². The van der Waals surface area contributed by atoms with E-state index in [1.165, 1.54) is 0 Å². The third-order valence-electron chi connectivity index (χ3n) is 1.86. The molecule has 0 aromatic rings. The molecule has 10 heavy (non-hydrogen) atoms. The Balaban J connectivity index is 2.47. The van der Waals surface area contributed by atoms with Crippen LogP contribution in [0.3, 0.4) is 0 Å². The quantitative estimate of drug-likeness (QED) is 0.571. The molecule has 0 spiro atoms. The lowest BCUT2D eigenvalue weighted by molar-refractivity contribution is 0.258. The average Bonchev–Trinajstić information content (AvgIpc) is 1.88. The van der Waals surface area contributed by atoms with Crippen LogP contribution in [0.2, 0.25) is 0 Å². The minimum Gasteiger partial charge on any atom is -0.246 e. The fraction of sp³-hybridized carbons (Fsp3) is 1.00.